The van der Waals surface area contributed by atoms with Crippen molar-refractivity contribution >= 4 is 40.2 Å². The lowest BCUT2D eigenvalue weighted by atomic mass is 10.00. The van der Waals surface area contributed by atoms with E-state index < -0.39 is 0 Å². The highest BCUT2D eigenvalue weighted by molar-refractivity contribution is 6.38. The van der Waals surface area contributed by atoms with Gasteiger partial charge in [0.05, 0.1) is 17.0 Å². The van der Waals surface area contributed by atoms with Gasteiger partial charge >= 0.3 is 0 Å². The second-order valence-corrected chi connectivity index (χ2v) is 9.69. The van der Waals surface area contributed by atoms with Crippen molar-refractivity contribution in [2.24, 2.45) is 0 Å². The number of anilines is 2. The van der Waals surface area contributed by atoms with E-state index in [-0.39, 0.29) is 5.91 Å². The van der Waals surface area contributed by atoms with E-state index in [2.05, 4.69) is 27.7 Å². The molecule has 0 spiro atoms. The molecule has 37 heavy (non-hydrogen) atoms. The Labute approximate surface area is 222 Å². The molecule has 1 aliphatic rings. The van der Waals surface area contributed by atoms with Gasteiger partial charge in [-0.1, -0.05) is 60.1 Å². The van der Waals surface area contributed by atoms with Gasteiger partial charge in [0, 0.05) is 22.8 Å². The van der Waals surface area contributed by atoms with E-state index in [9.17, 15) is 4.79 Å². The van der Waals surface area contributed by atoms with Crippen molar-refractivity contribution in [3.8, 4) is 5.75 Å². The lowest BCUT2D eigenvalue weighted by Crippen LogP contribution is -2.11. The third-order valence-electron chi connectivity index (χ3n) is 6.09. The molecule has 2 N–H and O–H groups in total. The van der Waals surface area contributed by atoms with Crippen molar-refractivity contribution in [1.29, 1.82) is 0 Å². The molecule has 0 aromatic heterocycles. The number of carbonyl (C=O) groups excluding carboxylic acids is 1. The van der Waals surface area contributed by atoms with Gasteiger partial charge in [-0.2, -0.15) is 0 Å². The smallest absolute Gasteiger partial charge is 0.258 e. The average molecular weight is 510 g/mol. The zero-order valence-corrected chi connectivity index (χ0v) is 21.5. The molecule has 186 valence electrons. The van der Waals surface area contributed by atoms with E-state index in [1.54, 1.807) is 12.1 Å². The van der Waals surface area contributed by atoms with E-state index in [0.717, 1.165) is 34.7 Å². The third kappa shape index (κ3) is 5.85. The lowest BCUT2D eigenvalue weighted by Gasteiger charge is -2.16. The fourth-order valence-electron chi connectivity index (χ4n) is 4.33. The van der Waals surface area contributed by atoms with Crippen molar-refractivity contribution < 1.29 is 9.53 Å². The molecule has 1 amide bonds. The minimum absolute atomic E-state index is 0.173. The highest BCUT2D eigenvalue weighted by Crippen LogP contribution is 2.39. The molecule has 4 aromatic rings. The monoisotopic (exact) mass is 509 g/mol. The second-order valence-electron chi connectivity index (χ2n) is 9.25. The largest absolute Gasteiger partial charge is 0.489 e. The quantitative estimate of drug-likeness (QED) is 0.253. The fraction of sp³-hybridized carbons (Fsp3) is 0.129. The zero-order valence-electron chi connectivity index (χ0n) is 20.8. The molecule has 5 rings (SSSR count). The lowest BCUT2D eigenvalue weighted by molar-refractivity contribution is -0.110. The molecule has 0 atom stereocenters. The van der Waals surface area contributed by atoms with Crippen molar-refractivity contribution in [1.82, 2.24) is 4.90 Å². The maximum Gasteiger partial charge on any atom is 0.258 e. The summed E-state index contributed by atoms with van der Waals surface area (Å²) in [5, 5.41) is 7.04. The summed E-state index contributed by atoms with van der Waals surface area (Å²) in [6.07, 6.45) is 0. The molecule has 6 heteroatoms. The summed E-state index contributed by atoms with van der Waals surface area (Å²) in [4.78, 5) is 15.3. The van der Waals surface area contributed by atoms with Crippen LogP contribution in [0.2, 0.25) is 5.02 Å². The Morgan fingerprint density at radius 1 is 0.892 bits per heavy atom. The first-order valence-corrected chi connectivity index (χ1v) is 12.5. The van der Waals surface area contributed by atoms with Gasteiger partial charge in [0.1, 0.15) is 12.4 Å². The number of fused-ring (bicyclic) bond motifs is 1. The summed E-state index contributed by atoms with van der Waals surface area (Å²) in [6.45, 7) is 1.34. The van der Waals surface area contributed by atoms with Crippen molar-refractivity contribution in [3.05, 3.63) is 124 Å². The Kier molecular flexibility index (Phi) is 7.26. The molecule has 0 bridgehead atoms. The van der Waals surface area contributed by atoms with E-state index in [1.807, 2.05) is 86.9 Å². The molecule has 4 aromatic carbocycles. The summed E-state index contributed by atoms with van der Waals surface area (Å²) in [7, 11) is 4.09. The molecule has 1 heterocycles. The number of hydrogen-bond donors (Lipinski definition) is 2. The molecule has 0 saturated carbocycles. The van der Waals surface area contributed by atoms with Crippen LogP contribution in [0.15, 0.2) is 97.1 Å². The summed E-state index contributed by atoms with van der Waals surface area (Å²) in [5.74, 6) is 0.585. The van der Waals surface area contributed by atoms with Gasteiger partial charge < -0.3 is 20.3 Å². The van der Waals surface area contributed by atoms with E-state index in [1.165, 1.54) is 5.56 Å². The van der Waals surface area contributed by atoms with Gasteiger partial charge in [0.2, 0.25) is 0 Å². The van der Waals surface area contributed by atoms with Crippen LogP contribution in [-0.2, 0) is 17.9 Å². The van der Waals surface area contributed by atoms with Gasteiger partial charge in [0.15, 0.2) is 0 Å². The maximum absolute atomic E-state index is 13.2. The summed E-state index contributed by atoms with van der Waals surface area (Å²) in [5.41, 5.74) is 6.88. The van der Waals surface area contributed by atoms with E-state index in [0.29, 0.717) is 28.6 Å². The number of nitrogens with zero attached hydrogens (tertiary/aromatic N) is 1. The van der Waals surface area contributed by atoms with Crippen LogP contribution in [0.25, 0.3) is 11.3 Å². The number of benzene rings is 4. The normalized spacial score (nSPS) is 13.8. The summed E-state index contributed by atoms with van der Waals surface area (Å²) < 4.78 is 5.97. The van der Waals surface area contributed by atoms with E-state index >= 15 is 0 Å². The van der Waals surface area contributed by atoms with Gasteiger partial charge in [-0.05, 0) is 79.3 Å². The summed E-state index contributed by atoms with van der Waals surface area (Å²) >= 11 is 6.19. The van der Waals surface area contributed by atoms with Crippen molar-refractivity contribution in [3.63, 3.8) is 0 Å². The Bertz CT molecular complexity index is 1430. The number of amides is 1. The molecule has 0 unspecified atom stereocenters. The zero-order chi connectivity index (χ0) is 25.8. The van der Waals surface area contributed by atoms with Gasteiger partial charge in [-0.15, -0.1) is 0 Å². The first kappa shape index (κ1) is 24.6. The molecule has 0 fully saturated rings. The number of halogens is 1. The van der Waals surface area contributed by atoms with Crippen LogP contribution in [0, 0.1) is 0 Å². The van der Waals surface area contributed by atoms with Gasteiger partial charge in [-0.3, -0.25) is 4.79 Å². The van der Waals surface area contributed by atoms with Crippen molar-refractivity contribution in [2.45, 2.75) is 13.2 Å². The maximum atomic E-state index is 13.2. The standard InChI is InChI=1S/C31H28ClN3O2/c1-35(2)19-21-8-13-25(14-9-21)33-30(29-27-17-12-24(32)18-28(27)34-31(29)36)23-10-15-26(16-11-23)37-20-22-6-4-3-5-7-22/h3-18,33H,19-20H2,1-2H3,(H,34,36). The first-order chi connectivity index (χ1) is 18.0. The predicted octanol–water partition coefficient (Wildman–Crippen LogP) is 6.91. The van der Waals surface area contributed by atoms with Crippen LogP contribution in [0.5, 0.6) is 5.75 Å². The molecule has 0 aliphatic carbocycles. The number of carbonyl (C=O) groups is 1. The van der Waals surface area contributed by atoms with E-state index in [4.69, 9.17) is 16.3 Å². The highest BCUT2D eigenvalue weighted by Gasteiger charge is 2.28. The Hall–Kier alpha value is -4.06. The van der Waals surface area contributed by atoms with Crippen LogP contribution in [0.4, 0.5) is 11.4 Å². The van der Waals surface area contributed by atoms with Gasteiger partial charge in [-0.25, -0.2) is 0 Å². The minimum Gasteiger partial charge on any atom is -0.489 e. The topological polar surface area (TPSA) is 53.6 Å². The minimum atomic E-state index is -0.173. The van der Waals surface area contributed by atoms with Crippen molar-refractivity contribution in [2.75, 3.05) is 24.7 Å². The van der Waals surface area contributed by atoms with Gasteiger partial charge in [0.25, 0.3) is 5.91 Å². The van der Waals surface area contributed by atoms with Crippen LogP contribution in [0.1, 0.15) is 22.3 Å². The Morgan fingerprint density at radius 3 is 2.32 bits per heavy atom. The predicted molar refractivity (Wildman–Crippen MR) is 152 cm³/mol. The number of hydrogen-bond acceptors (Lipinski definition) is 4. The molecule has 0 saturated heterocycles. The van der Waals surface area contributed by atoms with Crippen LogP contribution in [-0.4, -0.2) is 24.9 Å². The average Bonchev–Trinajstić information content (AvgIpc) is 3.22. The molecular weight excluding hydrogens is 482 g/mol. The molecule has 5 nitrogen and oxygen atoms in total. The summed E-state index contributed by atoms with van der Waals surface area (Å²) in [6, 6.07) is 31.5. The third-order valence-corrected chi connectivity index (χ3v) is 6.32. The van der Waals surface area contributed by atoms with Crippen LogP contribution < -0.4 is 15.4 Å². The van der Waals surface area contributed by atoms with Crippen LogP contribution >= 0.6 is 11.6 Å². The molecule has 1 aliphatic heterocycles. The highest BCUT2D eigenvalue weighted by atomic mass is 35.5. The number of rotatable bonds is 8. The number of nitrogens with one attached hydrogen (secondary N) is 2. The fourth-order valence-corrected chi connectivity index (χ4v) is 4.51. The Morgan fingerprint density at radius 2 is 1.62 bits per heavy atom. The first-order valence-electron chi connectivity index (χ1n) is 12.1. The Balaban J connectivity index is 1.48. The van der Waals surface area contributed by atoms with Crippen LogP contribution in [0.3, 0.4) is 0 Å². The second kappa shape index (κ2) is 10.9. The number of ether oxygens (including phenoxy) is 1. The molecular formula is C31H28ClN3O2. The SMILES string of the molecule is CN(C)Cc1ccc(NC(=C2C(=O)Nc3cc(Cl)ccc32)c2ccc(OCc3ccccc3)cc2)cc1. The molecule has 0 radical (unpaired) electrons.